The predicted molar refractivity (Wildman–Crippen MR) is 71.0 cm³/mol. The Bertz CT molecular complexity index is 463. The number of aromatic nitrogens is 1. The van der Waals surface area contributed by atoms with Crippen LogP contribution in [-0.2, 0) is 6.54 Å². The van der Waals surface area contributed by atoms with Gasteiger partial charge in [-0.25, -0.2) is 0 Å². The molecule has 3 N–H and O–H groups in total. The SMILES string of the molecule is CCN(CC)CCn1cccc(/C(N)=N/O)c1=O. The maximum Gasteiger partial charge on any atom is 0.261 e. The van der Waals surface area contributed by atoms with Crippen molar-refractivity contribution >= 4 is 5.84 Å². The van der Waals surface area contributed by atoms with Gasteiger partial charge < -0.3 is 20.4 Å². The molecule has 0 aliphatic heterocycles. The second-order valence-corrected chi connectivity index (χ2v) is 3.93. The number of nitrogens with zero attached hydrogens (tertiary/aromatic N) is 3. The van der Waals surface area contributed by atoms with Crippen LogP contribution >= 0.6 is 0 Å². The van der Waals surface area contributed by atoms with E-state index >= 15 is 0 Å². The topological polar surface area (TPSA) is 83.8 Å². The Morgan fingerprint density at radius 2 is 2.17 bits per heavy atom. The molecule has 0 amide bonds. The summed E-state index contributed by atoms with van der Waals surface area (Å²) >= 11 is 0. The van der Waals surface area contributed by atoms with E-state index in [-0.39, 0.29) is 17.0 Å². The van der Waals surface area contributed by atoms with Gasteiger partial charge in [-0.2, -0.15) is 0 Å². The number of hydrogen-bond acceptors (Lipinski definition) is 4. The van der Waals surface area contributed by atoms with Gasteiger partial charge in [-0.1, -0.05) is 19.0 Å². The Balaban J connectivity index is 2.88. The minimum Gasteiger partial charge on any atom is -0.409 e. The van der Waals surface area contributed by atoms with Gasteiger partial charge in [0.25, 0.3) is 5.56 Å². The molecule has 0 saturated heterocycles. The molecule has 0 bridgehead atoms. The summed E-state index contributed by atoms with van der Waals surface area (Å²) in [5.41, 5.74) is 5.43. The fourth-order valence-electron chi connectivity index (χ4n) is 1.75. The van der Waals surface area contributed by atoms with Gasteiger partial charge in [-0.15, -0.1) is 0 Å². The maximum absolute atomic E-state index is 12.0. The summed E-state index contributed by atoms with van der Waals surface area (Å²) in [5, 5.41) is 11.5. The van der Waals surface area contributed by atoms with Crippen molar-refractivity contribution in [1.29, 1.82) is 0 Å². The average molecular weight is 252 g/mol. The molecule has 0 saturated carbocycles. The Morgan fingerprint density at radius 3 is 2.72 bits per heavy atom. The molecule has 18 heavy (non-hydrogen) atoms. The minimum absolute atomic E-state index is 0.155. The highest BCUT2D eigenvalue weighted by Crippen LogP contribution is 1.94. The fraction of sp³-hybridized carbons (Fsp3) is 0.500. The van der Waals surface area contributed by atoms with E-state index in [0.29, 0.717) is 6.54 Å². The van der Waals surface area contributed by atoms with Gasteiger partial charge in [-0.05, 0) is 25.2 Å². The van der Waals surface area contributed by atoms with Crippen molar-refractivity contribution in [1.82, 2.24) is 9.47 Å². The molecular weight excluding hydrogens is 232 g/mol. The molecule has 1 aromatic heterocycles. The highest BCUT2D eigenvalue weighted by Gasteiger charge is 2.08. The first-order valence-corrected chi connectivity index (χ1v) is 6.03. The highest BCUT2D eigenvalue weighted by atomic mass is 16.4. The first-order chi connectivity index (χ1) is 8.63. The monoisotopic (exact) mass is 252 g/mol. The van der Waals surface area contributed by atoms with E-state index in [2.05, 4.69) is 23.9 Å². The molecule has 6 heteroatoms. The zero-order chi connectivity index (χ0) is 13.5. The second kappa shape index (κ2) is 6.80. The maximum atomic E-state index is 12.0. The molecule has 100 valence electrons. The Kier molecular flexibility index (Phi) is 5.38. The molecule has 6 nitrogen and oxygen atoms in total. The zero-order valence-corrected chi connectivity index (χ0v) is 10.8. The van der Waals surface area contributed by atoms with Crippen LogP contribution in [0, 0.1) is 0 Å². The number of nitrogens with two attached hydrogens (primary N) is 1. The van der Waals surface area contributed by atoms with E-state index in [1.807, 2.05) is 0 Å². The summed E-state index contributed by atoms with van der Waals surface area (Å²) < 4.78 is 1.58. The van der Waals surface area contributed by atoms with Crippen LogP contribution in [0.5, 0.6) is 0 Å². The molecular formula is C12H20N4O2. The molecule has 0 radical (unpaired) electrons. The lowest BCUT2D eigenvalue weighted by atomic mass is 10.2. The normalized spacial score (nSPS) is 12.1. The standard InChI is InChI=1S/C12H20N4O2/c1-3-15(4-2)8-9-16-7-5-6-10(12(16)17)11(13)14-18/h5-7,18H,3-4,8-9H2,1-2H3,(H2,13,14). The summed E-state index contributed by atoms with van der Waals surface area (Å²) in [4.78, 5) is 14.3. The summed E-state index contributed by atoms with van der Waals surface area (Å²) in [6.07, 6.45) is 1.71. The van der Waals surface area contributed by atoms with E-state index in [1.165, 1.54) is 0 Å². The van der Waals surface area contributed by atoms with E-state index in [4.69, 9.17) is 10.9 Å². The van der Waals surface area contributed by atoms with Crippen LogP contribution in [0.2, 0.25) is 0 Å². The van der Waals surface area contributed by atoms with Crippen molar-refractivity contribution in [3.8, 4) is 0 Å². The van der Waals surface area contributed by atoms with Crippen molar-refractivity contribution in [2.24, 2.45) is 10.9 Å². The van der Waals surface area contributed by atoms with Crippen LogP contribution in [-0.4, -0.2) is 40.1 Å². The number of hydrogen-bond donors (Lipinski definition) is 2. The first-order valence-electron chi connectivity index (χ1n) is 6.03. The van der Waals surface area contributed by atoms with Crippen molar-refractivity contribution < 1.29 is 5.21 Å². The Morgan fingerprint density at radius 1 is 1.50 bits per heavy atom. The van der Waals surface area contributed by atoms with Gasteiger partial charge in [0.05, 0.1) is 5.56 Å². The largest absolute Gasteiger partial charge is 0.409 e. The van der Waals surface area contributed by atoms with Gasteiger partial charge in [0.2, 0.25) is 0 Å². The quantitative estimate of drug-likeness (QED) is 0.330. The highest BCUT2D eigenvalue weighted by molar-refractivity contribution is 5.96. The molecule has 0 aromatic carbocycles. The van der Waals surface area contributed by atoms with Crippen LogP contribution < -0.4 is 11.3 Å². The molecule has 0 aliphatic rings. The molecule has 0 aliphatic carbocycles. The smallest absolute Gasteiger partial charge is 0.261 e. The van der Waals surface area contributed by atoms with Gasteiger partial charge in [0, 0.05) is 19.3 Å². The molecule has 1 rings (SSSR count). The summed E-state index contributed by atoms with van der Waals surface area (Å²) in [6, 6.07) is 3.27. The number of rotatable bonds is 6. The fourth-order valence-corrected chi connectivity index (χ4v) is 1.75. The van der Waals surface area contributed by atoms with Gasteiger partial charge >= 0.3 is 0 Å². The number of likely N-dealkylation sites (N-methyl/N-ethyl adjacent to an activating group) is 1. The van der Waals surface area contributed by atoms with E-state index < -0.39 is 0 Å². The lowest BCUT2D eigenvalue weighted by molar-refractivity contribution is 0.289. The van der Waals surface area contributed by atoms with E-state index in [0.717, 1.165) is 19.6 Å². The van der Waals surface area contributed by atoms with Crippen LogP contribution in [0.25, 0.3) is 0 Å². The Hall–Kier alpha value is -1.82. The second-order valence-electron chi connectivity index (χ2n) is 3.93. The van der Waals surface area contributed by atoms with Crippen LogP contribution in [0.1, 0.15) is 19.4 Å². The molecule has 1 heterocycles. The van der Waals surface area contributed by atoms with Crippen LogP contribution in [0.3, 0.4) is 0 Å². The third-order valence-corrected chi connectivity index (χ3v) is 2.96. The lowest BCUT2D eigenvalue weighted by Crippen LogP contribution is -2.34. The summed E-state index contributed by atoms with van der Waals surface area (Å²) in [5.74, 6) is -0.155. The minimum atomic E-state index is -0.236. The van der Waals surface area contributed by atoms with E-state index in [9.17, 15) is 4.79 Å². The van der Waals surface area contributed by atoms with Gasteiger partial charge in [-0.3, -0.25) is 4.79 Å². The third kappa shape index (κ3) is 3.33. The molecule has 0 spiro atoms. The molecule has 0 fully saturated rings. The van der Waals surface area contributed by atoms with Crippen molar-refractivity contribution in [2.45, 2.75) is 20.4 Å². The lowest BCUT2D eigenvalue weighted by Gasteiger charge is -2.18. The first kappa shape index (κ1) is 14.2. The van der Waals surface area contributed by atoms with Crippen LogP contribution in [0.4, 0.5) is 0 Å². The molecule has 0 atom stereocenters. The molecule has 1 aromatic rings. The number of pyridine rings is 1. The van der Waals surface area contributed by atoms with Crippen molar-refractivity contribution in [3.63, 3.8) is 0 Å². The van der Waals surface area contributed by atoms with E-state index in [1.54, 1.807) is 22.9 Å². The number of amidine groups is 1. The van der Waals surface area contributed by atoms with Gasteiger partial charge in [0.1, 0.15) is 0 Å². The zero-order valence-electron chi connectivity index (χ0n) is 10.8. The summed E-state index contributed by atoms with van der Waals surface area (Å²) in [7, 11) is 0. The average Bonchev–Trinajstić information content (AvgIpc) is 2.40. The number of oxime groups is 1. The predicted octanol–water partition coefficient (Wildman–Crippen LogP) is 0.285. The van der Waals surface area contributed by atoms with Crippen LogP contribution in [0.15, 0.2) is 28.3 Å². The Labute approximate surface area is 106 Å². The third-order valence-electron chi connectivity index (χ3n) is 2.96. The van der Waals surface area contributed by atoms with Crippen molar-refractivity contribution in [2.75, 3.05) is 19.6 Å². The summed E-state index contributed by atoms with van der Waals surface area (Å²) in [6.45, 7) is 7.45. The van der Waals surface area contributed by atoms with Crippen molar-refractivity contribution in [3.05, 3.63) is 34.2 Å². The van der Waals surface area contributed by atoms with Gasteiger partial charge in [0.15, 0.2) is 5.84 Å². The molecule has 0 unspecified atom stereocenters.